The standard InChI is InChI=1S/C9H13NO3/c1-6-2-4-8(13-6)7(10)3-5-9(11)12/h2,4,7H,3,5,10H2,1H3,(H,11,12)/t7-/m1/s1. The minimum Gasteiger partial charge on any atom is -0.481 e. The van der Waals surface area contributed by atoms with Gasteiger partial charge in [0.1, 0.15) is 11.5 Å². The summed E-state index contributed by atoms with van der Waals surface area (Å²) in [5, 5.41) is 8.43. The Kier molecular flexibility index (Phi) is 3.08. The van der Waals surface area contributed by atoms with Crippen molar-refractivity contribution in [3.05, 3.63) is 23.7 Å². The van der Waals surface area contributed by atoms with E-state index in [0.717, 1.165) is 5.76 Å². The van der Waals surface area contributed by atoms with Crippen LogP contribution in [0.2, 0.25) is 0 Å². The van der Waals surface area contributed by atoms with E-state index in [0.29, 0.717) is 12.2 Å². The zero-order valence-electron chi connectivity index (χ0n) is 7.49. The lowest BCUT2D eigenvalue weighted by Gasteiger charge is -2.05. The van der Waals surface area contributed by atoms with Crippen molar-refractivity contribution in [3.63, 3.8) is 0 Å². The summed E-state index contributed by atoms with van der Waals surface area (Å²) in [6, 6.07) is 3.28. The number of aryl methyl sites for hydroxylation is 1. The van der Waals surface area contributed by atoms with E-state index in [1.165, 1.54) is 0 Å². The predicted molar refractivity (Wildman–Crippen MR) is 47.2 cm³/mol. The summed E-state index contributed by atoms with van der Waals surface area (Å²) in [6.45, 7) is 1.83. The van der Waals surface area contributed by atoms with Crippen LogP contribution in [0, 0.1) is 6.92 Å². The molecule has 0 unspecified atom stereocenters. The van der Waals surface area contributed by atoms with Gasteiger partial charge in [-0.15, -0.1) is 0 Å². The Hall–Kier alpha value is -1.29. The molecule has 0 radical (unpaired) electrons. The summed E-state index contributed by atoms with van der Waals surface area (Å²) in [5.41, 5.74) is 5.70. The van der Waals surface area contributed by atoms with E-state index in [4.69, 9.17) is 15.3 Å². The van der Waals surface area contributed by atoms with Crippen LogP contribution >= 0.6 is 0 Å². The number of aliphatic carboxylic acids is 1. The van der Waals surface area contributed by atoms with Gasteiger partial charge in [-0.05, 0) is 25.5 Å². The maximum atomic E-state index is 10.3. The van der Waals surface area contributed by atoms with Gasteiger partial charge >= 0.3 is 5.97 Å². The normalized spacial score (nSPS) is 12.8. The van der Waals surface area contributed by atoms with Crippen LogP contribution in [0.4, 0.5) is 0 Å². The highest BCUT2D eigenvalue weighted by molar-refractivity contribution is 5.66. The number of nitrogens with two attached hydrogens (primary N) is 1. The van der Waals surface area contributed by atoms with Crippen LogP contribution in [0.5, 0.6) is 0 Å². The van der Waals surface area contributed by atoms with Crippen molar-refractivity contribution in [1.82, 2.24) is 0 Å². The fraction of sp³-hybridized carbons (Fsp3) is 0.444. The number of hydrogen-bond acceptors (Lipinski definition) is 3. The SMILES string of the molecule is Cc1ccc([C@H](N)CCC(=O)O)o1. The van der Waals surface area contributed by atoms with Crippen LogP contribution in [0.25, 0.3) is 0 Å². The van der Waals surface area contributed by atoms with Crippen LogP contribution in [0.3, 0.4) is 0 Å². The third-order valence-electron chi connectivity index (χ3n) is 1.80. The lowest BCUT2D eigenvalue weighted by atomic mass is 10.1. The molecule has 0 aromatic carbocycles. The van der Waals surface area contributed by atoms with Gasteiger partial charge in [0.2, 0.25) is 0 Å². The summed E-state index contributed by atoms with van der Waals surface area (Å²) in [7, 11) is 0. The molecule has 4 heteroatoms. The van der Waals surface area contributed by atoms with Crippen LogP contribution in [-0.4, -0.2) is 11.1 Å². The summed E-state index contributed by atoms with van der Waals surface area (Å²) >= 11 is 0. The Bertz CT molecular complexity index is 293. The lowest BCUT2D eigenvalue weighted by molar-refractivity contribution is -0.137. The Morgan fingerprint density at radius 3 is 2.85 bits per heavy atom. The van der Waals surface area contributed by atoms with Crippen molar-refractivity contribution in [1.29, 1.82) is 0 Å². The molecule has 0 aliphatic heterocycles. The summed E-state index contributed by atoms with van der Waals surface area (Å²) in [5.74, 6) is 0.609. The van der Waals surface area contributed by atoms with E-state index in [9.17, 15) is 4.79 Å². The fourth-order valence-corrected chi connectivity index (χ4v) is 1.07. The smallest absolute Gasteiger partial charge is 0.303 e. The average molecular weight is 183 g/mol. The summed E-state index contributed by atoms with van der Waals surface area (Å²) < 4.78 is 5.26. The zero-order valence-corrected chi connectivity index (χ0v) is 7.49. The third-order valence-corrected chi connectivity index (χ3v) is 1.80. The summed E-state index contributed by atoms with van der Waals surface area (Å²) in [4.78, 5) is 10.3. The Morgan fingerprint density at radius 2 is 2.38 bits per heavy atom. The van der Waals surface area contributed by atoms with Gasteiger partial charge in [0.25, 0.3) is 0 Å². The quantitative estimate of drug-likeness (QED) is 0.740. The van der Waals surface area contributed by atoms with Crippen molar-refractivity contribution in [2.45, 2.75) is 25.8 Å². The first-order valence-corrected chi connectivity index (χ1v) is 4.13. The highest BCUT2D eigenvalue weighted by Gasteiger charge is 2.11. The first kappa shape index (κ1) is 9.80. The first-order valence-electron chi connectivity index (χ1n) is 4.13. The topological polar surface area (TPSA) is 76.5 Å². The minimum atomic E-state index is -0.835. The van der Waals surface area contributed by atoms with E-state index in [1.54, 1.807) is 6.07 Å². The van der Waals surface area contributed by atoms with Crippen molar-refractivity contribution in [2.24, 2.45) is 5.73 Å². The van der Waals surface area contributed by atoms with Crippen molar-refractivity contribution in [3.8, 4) is 0 Å². The van der Waals surface area contributed by atoms with Crippen molar-refractivity contribution < 1.29 is 14.3 Å². The molecule has 0 aliphatic rings. The molecule has 1 heterocycles. The van der Waals surface area contributed by atoms with Crippen LogP contribution in [0.1, 0.15) is 30.4 Å². The number of rotatable bonds is 4. The monoisotopic (exact) mass is 183 g/mol. The molecule has 1 aromatic rings. The Balaban J connectivity index is 2.48. The lowest BCUT2D eigenvalue weighted by Crippen LogP contribution is -2.11. The average Bonchev–Trinajstić information content (AvgIpc) is 2.47. The molecule has 0 saturated heterocycles. The van der Waals surface area contributed by atoms with Crippen molar-refractivity contribution >= 4 is 5.97 Å². The number of carboxylic acids is 1. The van der Waals surface area contributed by atoms with Gasteiger partial charge in [-0.3, -0.25) is 4.79 Å². The molecule has 1 aromatic heterocycles. The second kappa shape index (κ2) is 4.09. The molecule has 0 fully saturated rings. The van der Waals surface area contributed by atoms with E-state index < -0.39 is 5.97 Å². The highest BCUT2D eigenvalue weighted by atomic mass is 16.4. The van der Waals surface area contributed by atoms with Crippen LogP contribution in [-0.2, 0) is 4.79 Å². The molecule has 0 amide bonds. The van der Waals surface area contributed by atoms with Crippen molar-refractivity contribution in [2.75, 3.05) is 0 Å². The molecule has 1 rings (SSSR count). The summed E-state index contributed by atoms with van der Waals surface area (Å²) in [6.07, 6.45) is 0.475. The maximum Gasteiger partial charge on any atom is 0.303 e. The van der Waals surface area contributed by atoms with E-state index in [1.807, 2.05) is 13.0 Å². The minimum absolute atomic E-state index is 0.0704. The maximum absolute atomic E-state index is 10.3. The molecule has 13 heavy (non-hydrogen) atoms. The van der Waals surface area contributed by atoms with Gasteiger partial charge in [-0.1, -0.05) is 0 Å². The van der Waals surface area contributed by atoms with Gasteiger partial charge in [0, 0.05) is 6.42 Å². The van der Waals surface area contributed by atoms with Gasteiger partial charge in [-0.2, -0.15) is 0 Å². The van der Waals surface area contributed by atoms with Gasteiger partial charge in [0.05, 0.1) is 6.04 Å². The Labute approximate surface area is 76.3 Å². The van der Waals surface area contributed by atoms with Gasteiger partial charge in [-0.25, -0.2) is 0 Å². The molecule has 0 saturated carbocycles. The Morgan fingerprint density at radius 1 is 1.69 bits per heavy atom. The zero-order chi connectivity index (χ0) is 9.84. The number of hydrogen-bond donors (Lipinski definition) is 2. The van der Waals surface area contributed by atoms with Gasteiger partial charge in [0.15, 0.2) is 0 Å². The van der Waals surface area contributed by atoms with Crippen LogP contribution < -0.4 is 5.73 Å². The highest BCUT2D eigenvalue weighted by Crippen LogP contribution is 2.17. The molecule has 4 nitrogen and oxygen atoms in total. The fourth-order valence-electron chi connectivity index (χ4n) is 1.07. The number of carbonyl (C=O) groups is 1. The molecule has 0 aliphatic carbocycles. The van der Waals surface area contributed by atoms with Crippen LogP contribution in [0.15, 0.2) is 16.5 Å². The number of furan rings is 1. The second-order valence-electron chi connectivity index (χ2n) is 2.99. The first-order chi connectivity index (χ1) is 6.09. The third kappa shape index (κ3) is 2.91. The molecule has 0 spiro atoms. The molecule has 0 bridgehead atoms. The second-order valence-corrected chi connectivity index (χ2v) is 2.99. The molecule has 3 N–H and O–H groups in total. The molecule has 1 atom stereocenters. The number of carboxylic acid groups (broad SMARTS) is 1. The van der Waals surface area contributed by atoms with E-state index >= 15 is 0 Å². The largest absolute Gasteiger partial charge is 0.481 e. The molecule has 72 valence electrons. The van der Waals surface area contributed by atoms with E-state index in [-0.39, 0.29) is 12.5 Å². The van der Waals surface area contributed by atoms with E-state index in [2.05, 4.69) is 0 Å². The predicted octanol–water partition coefficient (Wildman–Crippen LogP) is 1.45. The molecular formula is C9H13NO3. The molecular weight excluding hydrogens is 170 g/mol. The van der Waals surface area contributed by atoms with Gasteiger partial charge < -0.3 is 15.3 Å².